The maximum atomic E-state index is 3.96. The summed E-state index contributed by atoms with van der Waals surface area (Å²) in [6.45, 7) is 32.8. The Balaban J connectivity index is 3.08. The first kappa shape index (κ1) is 28.7. The molecule has 0 saturated carbocycles. The van der Waals surface area contributed by atoms with Crippen molar-refractivity contribution < 1.29 is 0 Å². The van der Waals surface area contributed by atoms with Gasteiger partial charge in [-0.05, 0) is 118 Å². The van der Waals surface area contributed by atoms with E-state index in [1.165, 1.54) is 44.5 Å². The first-order chi connectivity index (χ1) is 15.5. The second-order valence-corrected chi connectivity index (χ2v) is 13.1. The van der Waals surface area contributed by atoms with Crippen molar-refractivity contribution in [3.63, 3.8) is 0 Å². The van der Waals surface area contributed by atoms with E-state index in [2.05, 4.69) is 121 Å². The summed E-state index contributed by atoms with van der Waals surface area (Å²) in [4.78, 5) is 0. The molecule has 0 fully saturated rings. The normalized spacial score (nSPS) is 13.5. The summed E-state index contributed by atoms with van der Waals surface area (Å²) in [5.74, 6) is 0. The van der Waals surface area contributed by atoms with E-state index in [1.54, 1.807) is 0 Å². The average Bonchev–Trinajstić information content (AvgIpc) is 2.78. The smallest absolute Gasteiger partial charge is 0.00553 e. The van der Waals surface area contributed by atoms with Gasteiger partial charge in [-0.1, -0.05) is 95.2 Å². The second kappa shape index (κ2) is 9.83. The molecular weight excluding hydrogens is 408 g/mol. The van der Waals surface area contributed by atoms with Gasteiger partial charge < -0.3 is 0 Å². The van der Waals surface area contributed by atoms with Crippen LogP contribution in [0.3, 0.4) is 0 Å². The summed E-state index contributed by atoms with van der Waals surface area (Å²) in [6, 6.07) is 12.8. The maximum Gasteiger partial charge on any atom is -0.00553 e. The minimum Gasteiger partial charge on any atom is -0.0646 e. The van der Waals surface area contributed by atoms with E-state index in [4.69, 9.17) is 0 Å². The van der Waals surface area contributed by atoms with Crippen LogP contribution in [0.15, 0.2) is 12.1 Å². The van der Waals surface area contributed by atoms with Gasteiger partial charge >= 0.3 is 0 Å². The van der Waals surface area contributed by atoms with E-state index in [-0.39, 0.29) is 21.7 Å². The first-order valence-corrected chi connectivity index (χ1v) is 13.6. The fourth-order valence-corrected chi connectivity index (χ4v) is 4.70. The third-order valence-electron chi connectivity index (χ3n) is 9.36. The lowest BCUT2D eigenvalue weighted by atomic mass is 9.70. The summed E-state index contributed by atoms with van der Waals surface area (Å²) in [6.07, 6.45) is 4.42. The first-order valence-electron chi connectivity index (χ1n) is 13.6. The Labute approximate surface area is 213 Å². The molecule has 2 aromatic carbocycles. The molecule has 0 nitrogen and oxygen atoms in total. The van der Waals surface area contributed by atoms with Crippen molar-refractivity contribution in [1.29, 1.82) is 0 Å². The Morgan fingerprint density at radius 1 is 0.500 bits per heavy atom. The van der Waals surface area contributed by atoms with E-state index in [0.29, 0.717) is 0 Å². The van der Waals surface area contributed by atoms with Crippen LogP contribution < -0.4 is 0 Å². The highest BCUT2D eigenvalue weighted by Crippen LogP contribution is 2.44. The molecule has 0 saturated heterocycles. The molecule has 2 aromatic rings. The minimum atomic E-state index is 0.0841. The second-order valence-electron chi connectivity index (χ2n) is 13.1. The Hall–Kier alpha value is -1.56. The Kier molecular flexibility index (Phi) is 8.29. The van der Waals surface area contributed by atoms with Gasteiger partial charge in [-0.15, -0.1) is 0 Å². The predicted molar refractivity (Wildman–Crippen MR) is 152 cm³/mol. The lowest BCUT2D eigenvalue weighted by Crippen LogP contribution is -2.23. The van der Waals surface area contributed by atoms with Crippen molar-refractivity contribution in [2.45, 2.75) is 144 Å². The van der Waals surface area contributed by atoms with E-state index < -0.39 is 0 Å². The molecule has 0 aliphatic carbocycles. The lowest BCUT2D eigenvalue weighted by Gasteiger charge is -2.34. The Bertz CT molecular complexity index is 927. The maximum absolute atomic E-state index is 3.96. The molecule has 0 amide bonds. The van der Waals surface area contributed by atoms with Crippen LogP contribution in [0.2, 0.25) is 0 Å². The van der Waals surface area contributed by atoms with Gasteiger partial charge in [0, 0.05) is 0 Å². The molecule has 0 atom stereocenters. The monoisotopic (exact) mass is 460 g/mol. The van der Waals surface area contributed by atoms with Gasteiger partial charge in [0.05, 0.1) is 0 Å². The van der Waals surface area contributed by atoms with Gasteiger partial charge in [-0.2, -0.15) is 0 Å². The molecule has 0 bridgehead atoms. The van der Waals surface area contributed by atoms with Crippen LogP contribution in [0.1, 0.15) is 142 Å². The molecule has 0 spiro atoms. The molecule has 0 aromatic heterocycles. The van der Waals surface area contributed by atoms with Crippen LogP contribution in [0.4, 0.5) is 0 Å². The standard InChI is InChI=1S/C34H52/c1-15-31(7,8)25-19-27(23(5)29(21-25)33(11,12)17-3)28-20-26(32(9,10)16-2)22-30(24(28)6)34(13,14)18-4/h21-22H,15-18H2,1-14H3. The molecule has 34 heavy (non-hydrogen) atoms. The largest absolute Gasteiger partial charge is 0.0646 e. The zero-order valence-electron chi connectivity index (χ0n) is 25.0. The highest BCUT2D eigenvalue weighted by atomic mass is 14.3. The molecule has 0 aliphatic rings. The minimum absolute atomic E-state index is 0.0841. The van der Waals surface area contributed by atoms with Gasteiger partial charge in [0.15, 0.2) is 0 Å². The van der Waals surface area contributed by atoms with E-state index in [0.717, 1.165) is 25.7 Å². The number of hydrogen-bond donors (Lipinski definition) is 0. The summed E-state index contributed by atoms with van der Waals surface area (Å²) in [5.41, 5.74) is 11.2. The lowest BCUT2D eigenvalue weighted by molar-refractivity contribution is 0.485. The summed E-state index contributed by atoms with van der Waals surface area (Å²) < 4.78 is 0. The molecule has 0 N–H and O–H groups in total. The van der Waals surface area contributed by atoms with Crippen molar-refractivity contribution in [1.82, 2.24) is 0 Å². The van der Waals surface area contributed by atoms with Gasteiger partial charge in [0.1, 0.15) is 0 Å². The van der Waals surface area contributed by atoms with E-state index in [1.807, 2.05) is 0 Å². The Morgan fingerprint density at radius 3 is 1.00 bits per heavy atom. The van der Waals surface area contributed by atoms with Gasteiger partial charge in [-0.25, -0.2) is 0 Å². The van der Waals surface area contributed by atoms with Crippen molar-refractivity contribution >= 4 is 0 Å². The molecule has 0 heterocycles. The third kappa shape index (κ3) is 5.32. The van der Waals surface area contributed by atoms with Gasteiger partial charge in [-0.3, -0.25) is 0 Å². The summed E-state index contributed by atoms with van der Waals surface area (Å²) in [5, 5.41) is 0. The number of benzene rings is 2. The van der Waals surface area contributed by atoms with Gasteiger partial charge in [0.25, 0.3) is 0 Å². The SMILES string of the molecule is CCC(C)(C)c1[c]c(-c2[c]c(C(C)(C)CC)cc(C(C)(C)CC)c2C)c(C)c(C(C)(C)CC)c1. The molecule has 2 radical (unpaired) electrons. The predicted octanol–water partition coefficient (Wildman–Crippen LogP) is 10.3. The number of rotatable bonds is 9. The fourth-order valence-electron chi connectivity index (χ4n) is 4.70. The van der Waals surface area contributed by atoms with Crippen LogP contribution >= 0.6 is 0 Å². The molecule has 0 unspecified atom stereocenters. The van der Waals surface area contributed by atoms with Crippen LogP contribution in [-0.2, 0) is 21.7 Å². The summed E-state index contributed by atoms with van der Waals surface area (Å²) in [7, 11) is 0. The van der Waals surface area contributed by atoms with E-state index in [9.17, 15) is 0 Å². The Morgan fingerprint density at radius 2 is 0.765 bits per heavy atom. The van der Waals surface area contributed by atoms with Crippen LogP contribution in [-0.4, -0.2) is 0 Å². The topological polar surface area (TPSA) is 0 Å². The molecule has 0 aliphatic heterocycles. The van der Waals surface area contributed by atoms with Crippen LogP contribution in [0.25, 0.3) is 11.1 Å². The van der Waals surface area contributed by atoms with Crippen molar-refractivity contribution in [3.8, 4) is 11.1 Å². The molecular formula is C34H52. The van der Waals surface area contributed by atoms with Crippen molar-refractivity contribution in [2.24, 2.45) is 0 Å². The average molecular weight is 461 g/mol. The van der Waals surface area contributed by atoms with Crippen LogP contribution in [0, 0.1) is 26.0 Å². The van der Waals surface area contributed by atoms with Crippen molar-refractivity contribution in [2.75, 3.05) is 0 Å². The van der Waals surface area contributed by atoms with E-state index >= 15 is 0 Å². The molecule has 2 rings (SSSR count). The zero-order chi connectivity index (χ0) is 26.3. The highest BCUT2D eigenvalue weighted by Gasteiger charge is 2.31. The zero-order valence-corrected chi connectivity index (χ0v) is 25.0. The van der Waals surface area contributed by atoms with Crippen molar-refractivity contribution in [3.05, 3.63) is 57.6 Å². The fraction of sp³-hybridized carbons (Fsp3) is 0.647. The van der Waals surface area contributed by atoms with Crippen LogP contribution in [0.5, 0.6) is 0 Å². The molecule has 0 heteroatoms. The molecule has 188 valence electrons. The third-order valence-corrected chi connectivity index (χ3v) is 9.36. The number of hydrogen-bond acceptors (Lipinski definition) is 0. The van der Waals surface area contributed by atoms with Gasteiger partial charge in [0.2, 0.25) is 0 Å². The highest BCUT2D eigenvalue weighted by molar-refractivity contribution is 5.74. The quantitative estimate of drug-likeness (QED) is 0.349. The summed E-state index contributed by atoms with van der Waals surface area (Å²) >= 11 is 0.